The molecule has 7 nitrogen and oxygen atoms in total. The molecule has 0 aliphatic heterocycles. The number of hydrogen-bond donors (Lipinski definition) is 3. The van der Waals surface area contributed by atoms with Gasteiger partial charge in [-0.05, 0) is 56.0 Å². The monoisotopic (exact) mass is 354 g/mol. The Balaban J connectivity index is 1.73. The van der Waals surface area contributed by atoms with Crippen LogP contribution in [-0.4, -0.2) is 24.0 Å². The Kier molecular flexibility index (Phi) is 5.06. The fourth-order valence-corrected chi connectivity index (χ4v) is 2.89. The van der Waals surface area contributed by atoms with Gasteiger partial charge in [0.25, 0.3) is 5.91 Å². The summed E-state index contributed by atoms with van der Waals surface area (Å²) in [4.78, 5) is 28.5. The highest BCUT2D eigenvalue weighted by molar-refractivity contribution is 5.98. The number of amides is 3. The van der Waals surface area contributed by atoms with Crippen LogP contribution in [0, 0.1) is 12.8 Å². The molecule has 0 spiro atoms. The van der Waals surface area contributed by atoms with Crippen LogP contribution in [-0.2, 0) is 0 Å². The van der Waals surface area contributed by atoms with Gasteiger partial charge in [-0.25, -0.2) is 4.79 Å². The van der Waals surface area contributed by atoms with Crippen molar-refractivity contribution in [1.82, 2.24) is 10.3 Å². The van der Waals surface area contributed by atoms with E-state index in [1.807, 2.05) is 25.1 Å². The fraction of sp³-hybridized carbons (Fsp3) is 0.316. The molecular formula is C19H22N4O3. The lowest BCUT2D eigenvalue weighted by Crippen LogP contribution is -2.34. The number of aryl methyl sites for hydroxylation is 1. The van der Waals surface area contributed by atoms with Crippen LogP contribution in [0.4, 0.5) is 10.5 Å². The number of carbonyl (C=O) groups excluding carboxylic acids is 2. The minimum absolute atomic E-state index is 0.135. The molecule has 136 valence electrons. The van der Waals surface area contributed by atoms with Crippen molar-refractivity contribution in [3.8, 4) is 5.75 Å². The molecule has 1 fully saturated rings. The molecule has 1 atom stereocenters. The number of pyridine rings is 1. The van der Waals surface area contributed by atoms with Gasteiger partial charge in [0.15, 0.2) is 0 Å². The number of carbonyl (C=O) groups is 2. The van der Waals surface area contributed by atoms with Crippen LogP contribution in [0.15, 0.2) is 36.4 Å². The van der Waals surface area contributed by atoms with E-state index in [0.717, 1.165) is 24.2 Å². The summed E-state index contributed by atoms with van der Waals surface area (Å²) in [7, 11) is 1.46. The van der Waals surface area contributed by atoms with Crippen LogP contribution in [0.2, 0.25) is 0 Å². The van der Waals surface area contributed by atoms with E-state index in [0.29, 0.717) is 17.4 Å². The maximum absolute atomic E-state index is 12.5. The van der Waals surface area contributed by atoms with E-state index in [2.05, 4.69) is 15.6 Å². The molecule has 3 amide bonds. The van der Waals surface area contributed by atoms with Crippen LogP contribution in [0.1, 0.15) is 40.6 Å². The van der Waals surface area contributed by atoms with Crippen molar-refractivity contribution < 1.29 is 14.3 Å². The molecule has 4 N–H and O–H groups in total. The van der Waals surface area contributed by atoms with E-state index in [1.54, 1.807) is 12.1 Å². The summed E-state index contributed by atoms with van der Waals surface area (Å²) < 4.78 is 5.10. The van der Waals surface area contributed by atoms with Crippen LogP contribution in [0.5, 0.6) is 5.75 Å². The summed E-state index contributed by atoms with van der Waals surface area (Å²) in [6.07, 6.45) is 2.13. The Morgan fingerprint density at radius 2 is 2.04 bits per heavy atom. The number of benzene rings is 1. The lowest BCUT2D eigenvalue weighted by Gasteiger charge is -2.19. The van der Waals surface area contributed by atoms with Gasteiger partial charge in [0.2, 0.25) is 0 Å². The van der Waals surface area contributed by atoms with Crippen LogP contribution < -0.4 is 21.1 Å². The number of methoxy groups -OCH3 is 1. The molecule has 0 radical (unpaired) electrons. The highest BCUT2D eigenvalue weighted by Crippen LogP contribution is 2.40. The number of nitrogens with zero attached hydrogens (tertiary/aromatic N) is 1. The van der Waals surface area contributed by atoms with Gasteiger partial charge in [-0.15, -0.1) is 0 Å². The number of aromatic nitrogens is 1. The lowest BCUT2D eigenvalue weighted by atomic mass is 10.1. The minimum atomic E-state index is -0.620. The number of ether oxygens (including phenoxy) is 1. The molecule has 0 unspecified atom stereocenters. The Morgan fingerprint density at radius 3 is 2.65 bits per heavy atom. The number of rotatable bonds is 6. The topological polar surface area (TPSA) is 106 Å². The molecule has 1 saturated carbocycles. The summed E-state index contributed by atoms with van der Waals surface area (Å²) in [5.74, 6) is 0.140. The average molecular weight is 354 g/mol. The molecule has 1 heterocycles. The summed E-state index contributed by atoms with van der Waals surface area (Å²) in [6.45, 7) is 1.93. The van der Waals surface area contributed by atoms with Gasteiger partial charge in [0.05, 0.1) is 24.4 Å². The van der Waals surface area contributed by atoms with Crippen molar-refractivity contribution in [3.63, 3.8) is 0 Å². The molecule has 1 aromatic carbocycles. The molecule has 0 bridgehead atoms. The van der Waals surface area contributed by atoms with E-state index < -0.39 is 5.91 Å². The van der Waals surface area contributed by atoms with E-state index in [1.165, 1.54) is 13.2 Å². The van der Waals surface area contributed by atoms with Crippen LogP contribution in [0.25, 0.3) is 0 Å². The third-order valence-electron chi connectivity index (χ3n) is 4.33. The number of nitrogens with one attached hydrogen (secondary N) is 2. The van der Waals surface area contributed by atoms with Crippen LogP contribution >= 0.6 is 0 Å². The largest absolute Gasteiger partial charge is 0.496 e. The highest BCUT2D eigenvalue weighted by Gasteiger charge is 2.34. The molecule has 26 heavy (non-hydrogen) atoms. The molecule has 7 heteroatoms. The molecule has 1 aromatic heterocycles. The number of primary amides is 1. The van der Waals surface area contributed by atoms with Gasteiger partial charge in [-0.2, -0.15) is 0 Å². The third-order valence-corrected chi connectivity index (χ3v) is 4.33. The first-order valence-electron chi connectivity index (χ1n) is 8.47. The van der Waals surface area contributed by atoms with Gasteiger partial charge in [0.1, 0.15) is 5.75 Å². The van der Waals surface area contributed by atoms with E-state index in [-0.39, 0.29) is 17.6 Å². The SMILES string of the molecule is COc1ccc(NC(=O)N[C@@H](c2cccc(C)n2)C2CC2)cc1C(N)=O. The molecular weight excluding hydrogens is 332 g/mol. The van der Waals surface area contributed by atoms with Gasteiger partial charge in [-0.3, -0.25) is 9.78 Å². The number of nitrogens with two attached hydrogens (primary N) is 1. The summed E-state index contributed by atoms with van der Waals surface area (Å²) in [6, 6.07) is 10.0. The van der Waals surface area contributed by atoms with E-state index in [4.69, 9.17) is 10.5 Å². The summed E-state index contributed by atoms with van der Waals surface area (Å²) in [5.41, 5.74) is 7.80. The first-order chi connectivity index (χ1) is 12.5. The lowest BCUT2D eigenvalue weighted by molar-refractivity contribution is 0.0997. The Hall–Kier alpha value is -3.09. The van der Waals surface area contributed by atoms with E-state index in [9.17, 15) is 9.59 Å². The molecule has 2 aromatic rings. The average Bonchev–Trinajstić information content (AvgIpc) is 3.44. The second-order valence-electron chi connectivity index (χ2n) is 6.40. The first-order valence-corrected chi connectivity index (χ1v) is 8.47. The zero-order valence-electron chi connectivity index (χ0n) is 14.8. The predicted octanol–water partition coefficient (Wildman–Crippen LogP) is 2.77. The maximum Gasteiger partial charge on any atom is 0.319 e. The highest BCUT2D eigenvalue weighted by atomic mass is 16.5. The second kappa shape index (κ2) is 7.43. The smallest absolute Gasteiger partial charge is 0.319 e. The van der Waals surface area contributed by atoms with Crippen molar-refractivity contribution in [3.05, 3.63) is 53.3 Å². The number of hydrogen-bond acceptors (Lipinski definition) is 4. The summed E-state index contributed by atoms with van der Waals surface area (Å²) in [5, 5.41) is 5.73. The fourth-order valence-electron chi connectivity index (χ4n) is 2.89. The van der Waals surface area contributed by atoms with Crippen LogP contribution in [0.3, 0.4) is 0 Å². The zero-order chi connectivity index (χ0) is 18.7. The molecule has 1 aliphatic rings. The quantitative estimate of drug-likeness (QED) is 0.741. The molecule has 1 aliphatic carbocycles. The second-order valence-corrected chi connectivity index (χ2v) is 6.40. The van der Waals surface area contributed by atoms with E-state index >= 15 is 0 Å². The first kappa shape index (κ1) is 17.7. The third kappa shape index (κ3) is 4.11. The van der Waals surface area contributed by atoms with Gasteiger partial charge < -0.3 is 21.1 Å². The normalized spacial score (nSPS) is 14.4. The summed E-state index contributed by atoms with van der Waals surface area (Å²) >= 11 is 0. The van der Waals surface area contributed by atoms with Gasteiger partial charge >= 0.3 is 6.03 Å². The standard InChI is InChI=1S/C19H22N4O3/c1-11-4-3-5-15(21-11)17(12-6-7-12)23-19(25)22-13-8-9-16(26-2)14(10-13)18(20)24/h3-5,8-10,12,17H,6-7H2,1-2H3,(H2,20,24)(H2,22,23,25)/t17-/m1/s1. The van der Waals surface area contributed by atoms with Crippen molar-refractivity contribution >= 4 is 17.6 Å². The molecule has 3 rings (SSSR count). The number of anilines is 1. The Morgan fingerprint density at radius 1 is 1.27 bits per heavy atom. The predicted molar refractivity (Wildman–Crippen MR) is 98.1 cm³/mol. The maximum atomic E-state index is 12.5. The van der Waals surface area contributed by atoms with Crippen molar-refractivity contribution in [2.75, 3.05) is 12.4 Å². The van der Waals surface area contributed by atoms with Crippen molar-refractivity contribution in [2.24, 2.45) is 11.7 Å². The van der Waals surface area contributed by atoms with Crippen molar-refractivity contribution in [1.29, 1.82) is 0 Å². The molecule has 0 saturated heterocycles. The Labute approximate surface area is 151 Å². The van der Waals surface area contributed by atoms with Gasteiger partial charge in [0, 0.05) is 11.4 Å². The van der Waals surface area contributed by atoms with Gasteiger partial charge in [-0.1, -0.05) is 6.07 Å². The zero-order valence-corrected chi connectivity index (χ0v) is 14.8. The van der Waals surface area contributed by atoms with Crippen molar-refractivity contribution in [2.45, 2.75) is 25.8 Å². The minimum Gasteiger partial charge on any atom is -0.496 e. The Bertz CT molecular complexity index is 833. The number of urea groups is 1.